The van der Waals surface area contributed by atoms with Crippen LogP contribution in [0.25, 0.3) is 0 Å². The van der Waals surface area contributed by atoms with Gasteiger partial charge in [-0.2, -0.15) is 0 Å². The molecule has 0 heterocycles. The second-order valence-corrected chi connectivity index (χ2v) is 8.19. The van der Waals surface area contributed by atoms with Gasteiger partial charge in [-0.3, -0.25) is 4.79 Å². The van der Waals surface area contributed by atoms with Crippen LogP contribution in [0.4, 0.5) is 4.39 Å². The lowest BCUT2D eigenvalue weighted by Crippen LogP contribution is -2.49. The van der Waals surface area contributed by atoms with Crippen LogP contribution in [-0.2, 0) is 9.84 Å². The third kappa shape index (κ3) is 4.50. The number of benzene rings is 1. The molecule has 5 nitrogen and oxygen atoms in total. The van der Waals surface area contributed by atoms with Crippen LogP contribution in [-0.4, -0.2) is 32.7 Å². The van der Waals surface area contributed by atoms with Crippen molar-refractivity contribution in [1.29, 1.82) is 0 Å². The summed E-state index contributed by atoms with van der Waals surface area (Å²) in [6.45, 7) is 3.98. The predicted molar refractivity (Wildman–Crippen MR) is 87.0 cm³/mol. The standard InChI is InChI=1S/C14H20BrFN2O3S/c1-4-14(17,5-2)8-18-13(19)10-6-9(15)7-11(12(10)16)22(3,20)21/h6-7H,4-5,8,17H2,1-3H3,(H,18,19). The van der Waals surface area contributed by atoms with E-state index in [1.54, 1.807) is 0 Å². The van der Waals surface area contributed by atoms with Crippen molar-refractivity contribution in [2.24, 2.45) is 5.73 Å². The molecular weight excluding hydrogens is 375 g/mol. The Kier molecular flexibility index (Phi) is 6.11. The van der Waals surface area contributed by atoms with Gasteiger partial charge < -0.3 is 11.1 Å². The number of hydrogen-bond acceptors (Lipinski definition) is 4. The first-order valence-electron chi connectivity index (χ1n) is 6.80. The summed E-state index contributed by atoms with van der Waals surface area (Å²) < 4.78 is 37.8. The molecule has 1 amide bonds. The van der Waals surface area contributed by atoms with Gasteiger partial charge in [-0.15, -0.1) is 0 Å². The Bertz CT molecular complexity index is 673. The van der Waals surface area contributed by atoms with Crippen molar-refractivity contribution in [3.8, 4) is 0 Å². The Morgan fingerprint density at radius 2 is 1.91 bits per heavy atom. The van der Waals surface area contributed by atoms with Crippen LogP contribution in [0.2, 0.25) is 0 Å². The van der Waals surface area contributed by atoms with Crippen LogP contribution in [0, 0.1) is 5.82 Å². The maximum Gasteiger partial charge on any atom is 0.254 e. The van der Waals surface area contributed by atoms with Crippen LogP contribution >= 0.6 is 15.9 Å². The van der Waals surface area contributed by atoms with E-state index in [9.17, 15) is 17.6 Å². The highest BCUT2D eigenvalue weighted by Gasteiger charge is 2.25. The summed E-state index contributed by atoms with van der Waals surface area (Å²) >= 11 is 3.09. The van der Waals surface area contributed by atoms with E-state index in [1.807, 2.05) is 13.8 Å². The molecular formula is C14H20BrFN2O3S. The zero-order chi connectivity index (χ0) is 17.1. The Morgan fingerprint density at radius 1 is 1.36 bits per heavy atom. The maximum absolute atomic E-state index is 14.3. The molecule has 0 unspecified atom stereocenters. The van der Waals surface area contributed by atoms with E-state index in [-0.39, 0.29) is 12.1 Å². The van der Waals surface area contributed by atoms with Crippen molar-refractivity contribution in [3.63, 3.8) is 0 Å². The molecule has 0 aliphatic rings. The number of nitrogens with two attached hydrogens (primary N) is 1. The second kappa shape index (κ2) is 7.06. The molecule has 0 aliphatic heterocycles. The Morgan fingerprint density at radius 3 is 2.36 bits per heavy atom. The van der Waals surface area contributed by atoms with Gasteiger partial charge in [-0.25, -0.2) is 12.8 Å². The summed E-state index contributed by atoms with van der Waals surface area (Å²) in [5, 5.41) is 2.57. The maximum atomic E-state index is 14.3. The normalized spacial score (nSPS) is 12.3. The fourth-order valence-corrected chi connectivity index (χ4v) is 3.24. The first kappa shape index (κ1) is 19.1. The molecule has 0 bridgehead atoms. The predicted octanol–water partition coefficient (Wildman–Crippen LogP) is 2.24. The zero-order valence-electron chi connectivity index (χ0n) is 12.7. The molecule has 0 spiro atoms. The number of rotatable bonds is 6. The molecule has 1 aromatic rings. The second-order valence-electron chi connectivity index (χ2n) is 5.29. The summed E-state index contributed by atoms with van der Waals surface area (Å²) in [5.74, 6) is -1.75. The Labute approximate surface area is 138 Å². The molecule has 0 atom stereocenters. The average Bonchev–Trinajstić information content (AvgIpc) is 2.45. The highest BCUT2D eigenvalue weighted by molar-refractivity contribution is 9.10. The van der Waals surface area contributed by atoms with Crippen LogP contribution in [0.5, 0.6) is 0 Å². The smallest absolute Gasteiger partial charge is 0.254 e. The van der Waals surface area contributed by atoms with Gasteiger partial charge in [0.2, 0.25) is 0 Å². The van der Waals surface area contributed by atoms with Crippen molar-refractivity contribution in [3.05, 3.63) is 28.0 Å². The summed E-state index contributed by atoms with van der Waals surface area (Å²) in [7, 11) is -3.77. The van der Waals surface area contributed by atoms with Crippen molar-refractivity contribution in [1.82, 2.24) is 5.32 Å². The molecule has 3 N–H and O–H groups in total. The molecule has 0 fully saturated rings. The molecule has 1 rings (SSSR count). The molecule has 0 radical (unpaired) electrons. The van der Waals surface area contributed by atoms with Gasteiger partial charge in [0.25, 0.3) is 5.91 Å². The summed E-state index contributed by atoms with van der Waals surface area (Å²) in [6.07, 6.45) is 2.19. The molecule has 0 saturated heterocycles. The van der Waals surface area contributed by atoms with Gasteiger partial charge in [-0.05, 0) is 25.0 Å². The van der Waals surface area contributed by atoms with Crippen LogP contribution < -0.4 is 11.1 Å². The number of carbonyl (C=O) groups excluding carboxylic acids is 1. The molecule has 0 aliphatic carbocycles. The van der Waals surface area contributed by atoms with Crippen molar-refractivity contribution >= 4 is 31.7 Å². The third-order valence-corrected chi connectivity index (χ3v) is 5.21. The number of amides is 1. The monoisotopic (exact) mass is 394 g/mol. The Hall–Kier alpha value is -0.990. The summed E-state index contributed by atoms with van der Waals surface area (Å²) in [4.78, 5) is 11.6. The number of nitrogens with one attached hydrogen (secondary N) is 1. The van der Waals surface area contributed by atoms with Crippen LogP contribution in [0.15, 0.2) is 21.5 Å². The highest BCUT2D eigenvalue weighted by atomic mass is 79.9. The number of carbonyl (C=O) groups is 1. The SMILES string of the molecule is CCC(N)(CC)CNC(=O)c1cc(Br)cc(S(C)(=O)=O)c1F. The number of sulfone groups is 1. The minimum Gasteiger partial charge on any atom is -0.350 e. The van der Waals surface area contributed by atoms with Crippen molar-refractivity contribution < 1.29 is 17.6 Å². The molecule has 0 aromatic heterocycles. The van der Waals surface area contributed by atoms with Gasteiger partial charge in [0.05, 0.1) is 5.56 Å². The van der Waals surface area contributed by atoms with Crippen molar-refractivity contribution in [2.75, 3.05) is 12.8 Å². The fourth-order valence-electron chi connectivity index (χ4n) is 1.85. The lowest BCUT2D eigenvalue weighted by Gasteiger charge is -2.26. The van der Waals surface area contributed by atoms with Gasteiger partial charge >= 0.3 is 0 Å². The van der Waals surface area contributed by atoms with Gasteiger partial charge in [-0.1, -0.05) is 29.8 Å². The first-order valence-corrected chi connectivity index (χ1v) is 9.48. The lowest BCUT2D eigenvalue weighted by atomic mass is 9.94. The molecule has 1 aromatic carbocycles. The van der Waals surface area contributed by atoms with Crippen LogP contribution in [0.3, 0.4) is 0 Å². The van der Waals surface area contributed by atoms with E-state index in [0.29, 0.717) is 17.3 Å². The molecule has 0 saturated carbocycles. The van der Waals surface area contributed by atoms with Gasteiger partial charge in [0.15, 0.2) is 15.7 Å². The van der Waals surface area contributed by atoms with E-state index in [4.69, 9.17) is 5.73 Å². The number of hydrogen-bond donors (Lipinski definition) is 2. The van der Waals surface area contributed by atoms with Gasteiger partial charge in [0.1, 0.15) is 4.90 Å². The van der Waals surface area contributed by atoms with E-state index < -0.39 is 32.0 Å². The Balaban J connectivity index is 3.12. The summed E-state index contributed by atoms with van der Waals surface area (Å²) in [5.41, 5.74) is 5.18. The van der Waals surface area contributed by atoms with E-state index in [0.717, 1.165) is 12.3 Å². The highest BCUT2D eigenvalue weighted by Crippen LogP contribution is 2.24. The number of halogens is 2. The minimum atomic E-state index is -3.77. The minimum absolute atomic E-state index is 0.180. The van der Waals surface area contributed by atoms with E-state index in [2.05, 4.69) is 21.2 Å². The van der Waals surface area contributed by atoms with Crippen LogP contribution in [0.1, 0.15) is 37.0 Å². The molecule has 124 valence electrons. The average molecular weight is 395 g/mol. The molecule has 22 heavy (non-hydrogen) atoms. The topological polar surface area (TPSA) is 89.3 Å². The first-order chi connectivity index (χ1) is 10.0. The fraction of sp³-hybridized carbons (Fsp3) is 0.500. The van der Waals surface area contributed by atoms with Gasteiger partial charge in [0, 0.05) is 22.8 Å². The summed E-state index contributed by atoms with van der Waals surface area (Å²) in [6, 6.07) is 2.38. The quantitative estimate of drug-likeness (QED) is 0.773. The van der Waals surface area contributed by atoms with Crippen molar-refractivity contribution in [2.45, 2.75) is 37.1 Å². The van der Waals surface area contributed by atoms with E-state index >= 15 is 0 Å². The zero-order valence-corrected chi connectivity index (χ0v) is 15.1. The largest absolute Gasteiger partial charge is 0.350 e. The third-order valence-electron chi connectivity index (χ3n) is 3.66. The molecule has 8 heteroatoms. The lowest BCUT2D eigenvalue weighted by molar-refractivity contribution is 0.0937. The van der Waals surface area contributed by atoms with E-state index in [1.165, 1.54) is 6.07 Å².